The van der Waals surface area contributed by atoms with Crippen molar-refractivity contribution < 1.29 is 4.79 Å². The van der Waals surface area contributed by atoms with E-state index in [2.05, 4.69) is 34.9 Å². The lowest BCUT2D eigenvalue weighted by Crippen LogP contribution is -2.50. The number of carbonyl (C=O) groups is 1. The summed E-state index contributed by atoms with van der Waals surface area (Å²) in [6.45, 7) is 5.75. The molecule has 1 aliphatic rings. The van der Waals surface area contributed by atoms with Crippen LogP contribution in [0.1, 0.15) is 31.7 Å². The molecule has 3 nitrogen and oxygen atoms in total. The molecule has 0 aliphatic carbocycles. The summed E-state index contributed by atoms with van der Waals surface area (Å²) in [4.78, 5) is 11.8. The monoisotopic (exact) mass is 246 g/mol. The van der Waals surface area contributed by atoms with Gasteiger partial charge in [-0.3, -0.25) is 4.79 Å². The number of carbonyl (C=O) groups excluding carboxylic acids is 1. The number of nitrogens with one attached hydrogen (secondary N) is 2. The summed E-state index contributed by atoms with van der Waals surface area (Å²) >= 11 is 0. The van der Waals surface area contributed by atoms with Crippen molar-refractivity contribution in [1.29, 1.82) is 0 Å². The Hall–Kier alpha value is -1.35. The van der Waals surface area contributed by atoms with Crippen LogP contribution in [0.4, 0.5) is 0 Å². The Morgan fingerprint density at radius 3 is 2.72 bits per heavy atom. The molecule has 0 aromatic heterocycles. The summed E-state index contributed by atoms with van der Waals surface area (Å²) in [6, 6.07) is 10.7. The topological polar surface area (TPSA) is 41.1 Å². The third-order valence-corrected chi connectivity index (χ3v) is 3.56. The molecule has 18 heavy (non-hydrogen) atoms. The first-order valence-corrected chi connectivity index (χ1v) is 6.74. The number of hydrogen-bond acceptors (Lipinski definition) is 2. The van der Waals surface area contributed by atoms with Gasteiger partial charge in [-0.05, 0) is 18.5 Å². The van der Waals surface area contributed by atoms with Gasteiger partial charge in [0.2, 0.25) is 5.91 Å². The zero-order chi connectivity index (χ0) is 13.0. The van der Waals surface area contributed by atoms with Gasteiger partial charge in [-0.25, -0.2) is 0 Å². The number of hydrogen-bond donors (Lipinski definition) is 2. The molecular weight excluding hydrogens is 224 g/mol. The van der Waals surface area contributed by atoms with Crippen molar-refractivity contribution in [3.63, 3.8) is 0 Å². The van der Waals surface area contributed by atoms with Gasteiger partial charge in [0.1, 0.15) is 0 Å². The zero-order valence-electron chi connectivity index (χ0n) is 11.1. The molecule has 1 aliphatic heterocycles. The molecule has 2 atom stereocenters. The fraction of sp³-hybridized carbons (Fsp3) is 0.533. The highest BCUT2D eigenvalue weighted by molar-refractivity contribution is 5.78. The van der Waals surface area contributed by atoms with Gasteiger partial charge in [0.05, 0.1) is 0 Å². The first kappa shape index (κ1) is 13.1. The number of rotatable bonds is 3. The van der Waals surface area contributed by atoms with E-state index >= 15 is 0 Å². The molecule has 0 spiro atoms. The molecule has 1 aromatic rings. The maximum absolute atomic E-state index is 11.8. The minimum Gasteiger partial charge on any atom is -0.351 e. The summed E-state index contributed by atoms with van der Waals surface area (Å²) in [5.74, 6) is 0.614. The van der Waals surface area contributed by atoms with Crippen LogP contribution in [0.3, 0.4) is 0 Å². The molecule has 0 radical (unpaired) electrons. The first-order chi connectivity index (χ1) is 8.68. The van der Waals surface area contributed by atoms with Gasteiger partial charge in [0.25, 0.3) is 0 Å². The molecule has 1 amide bonds. The van der Waals surface area contributed by atoms with Crippen molar-refractivity contribution in [2.24, 2.45) is 5.92 Å². The standard InChI is InChI=1S/C15H22N2O/c1-11(2)15(18)17-14-10-16-9-8-13(14)12-6-4-3-5-7-12/h3-7,11,13-14,16H,8-10H2,1-2H3,(H,17,18). The Bertz CT molecular complexity index is 389. The van der Waals surface area contributed by atoms with Gasteiger partial charge in [0.15, 0.2) is 0 Å². The van der Waals surface area contributed by atoms with Gasteiger partial charge in [-0.1, -0.05) is 44.2 Å². The fourth-order valence-electron chi connectivity index (χ4n) is 2.46. The average Bonchev–Trinajstić information content (AvgIpc) is 2.40. The van der Waals surface area contributed by atoms with Crippen LogP contribution >= 0.6 is 0 Å². The highest BCUT2D eigenvalue weighted by Crippen LogP contribution is 2.25. The van der Waals surface area contributed by atoms with Crippen molar-refractivity contribution in [3.8, 4) is 0 Å². The molecule has 2 rings (SSSR count). The predicted octanol–water partition coefficient (Wildman–Crippen LogP) is 1.90. The van der Waals surface area contributed by atoms with E-state index < -0.39 is 0 Å². The van der Waals surface area contributed by atoms with Crippen LogP contribution in [0.2, 0.25) is 0 Å². The van der Waals surface area contributed by atoms with E-state index in [0.717, 1.165) is 19.5 Å². The molecule has 3 heteroatoms. The Morgan fingerprint density at radius 1 is 1.33 bits per heavy atom. The van der Waals surface area contributed by atoms with Gasteiger partial charge in [0, 0.05) is 24.4 Å². The lowest BCUT2D eigenvalue weighted by Gasteiger charge is -2.33. The van der Waals surface area contributed by atoms with E-state index in [1.54, 1.807) is 0 Å². The minimum atomic E-state index is 0.0448. The van der Waals surface area contributed by atoms with E-state index in [-0.39, 0.29) is 17.9 Å². The molecular formula is C15H22N2O. The summed E-state index contributed by atoms with van der Waals surface area (Å²) in [6.07, 6.45) is 1.08. The van der Waals surface area contributed by atoms with Crippen molar-refractivity contribution in [2.75, 3.05) is 13.1 Å². The highest BCUT2D eigenvalue weighted by atomic mass is 16.1. The summed E-state index contributed by atoms with van der Waals surface area (Å²) in [5.41, 5.74) is 1.33. The fourth-order valence-corrected chi connectivity index (χ4v) is 2.46. The highest BCUT2D eigenvalue weighted by Gasteiger charge is 2.27. The average molecular weight is 246 g/mol. The molecule has 0 saturated carbocycles. The first-order valence-electron chi connectivity index (χ1n) is 6.74. The molecule has 98 valence electrons. The second-order valence-corrected chi connectivity index (χ2v) is 5.28. The smallest absolute Gasteiger partial charge is 0.222 e. The van der Waals surface area contributed by atoms with Crippen LogP contribution in [0.5, 0.6) is 0 Å². The van der Waals surface area contributed by atoms with Crippen LogP contribution in [-0.4, -0.2) is 25.0 Å². The third-order valence-electron chi connectivity index (χ3n) is 3.56. The Balaban J connectivity index is 2.09. The van der Waals surface area contributed by atoms with E-state index in [0.29, 0.717) is 5.92 Å². The zero-order valence-corrected chi connectivity index (χ0v) is 11.1. The van der Waals surface area contributed by atoms with Crippen LogP contribution in [-0.2, 0) is 4.79 Å². The summed E-state index contributed by atoms with van der Waals surface area (Å²) in [5, 5.41) is 6.53. The van der Waals surface area contributed by atoms with E-state index in [4.69, 9.17) is 0 Å². The lowest BCUT2D eigenvalue weighted by atomic mass is 9.86. The molecule has 0 bridgehead atoms. The maximum Gasteiger partial charge on any atom is 0.222 e. The van der Waals surface area contributed by atoms with Gasteiger partial charge in [-0.15, -0.1) is 0 Å². The van der Waals surface area contributed by atoms with Crippen molar-refractivity contribution in [2.45, 2.75) is 32.2 Å². The van der Waals surface area contributed by atoms with Crippen molar-refractivity contribution in [3.05, 3.63) is 35.9 Å². The van der Waals surface area contributed by atoms with E-state index in [1.165, 1.54) is 5.56 Å². The molecule has 1 saturated heterocycles. The van der Waals surface area contributed by atoms with Crippen molar-refractivity contribution >= 4 is 5.91 Å². The molecule has 1 fully saturated rings. The second kappa shape index (κ2) is 6.01. The maximum atomic E-state index is 11.8. The molecule has 2 unspecified atom stereocenters. The van der Waals surface area contributed by atoms with Gasteiger partial charge >= 0.3 is 0 Å². The third kappa shape index (κ3) is 3.10. The van der Waals surface area contributed by atoms with Gasteiger partial charge in [-0.2, -0.15) is 0 Å². The van der Waals surface area contributed by atoms with Crippen molar-refractivity contribution in [1.82, 2.24) is 10.6 Å². The van der Waals surface area contributed by atoms with Crippen LogP contribution in [0.15, 0.2) is 30.3 Å². The van der Waals surface area contributed by atoms with Crippen LogP contribution in [0.25, 0.3) is 0 Å². The SMILES string of the molecule is CC(C)C(=O)NC1CNCCC1c1ccccc1. The molecule has 1 heterocycles. The largest absolute Gasteiger partial charge is 0.351 e. The Morgan fingerprint density at radius 2 is 2.06 bits per heavy atom. The van der Waals surface area contributed by atoms with Gasteiger partial charge < -0.3 is 10.6 Å². The quantitative estimate of drug-likeness (QED) is 0.855. The lowest BCUT2D eigenvalue weighted by molar-refractivity contribution is -0.124. The summed E-state index contributed by atoms with van der Waals surface area (Å²) in [7, 11) is 0. The Labute approximate surface area is 109 Å². The normalized spacial score (nSPS) is 23.9. The minimum absolute atomic E-state index is 0.0448. The number of piperidine rings is 1. The Kier molecular flexibility index (Phi) is 4.37. The second-order valence-electron chi connectivity index (χ2n) is 5.28. The van der Waals surface area contributed by atoms with Crippen LogP contribution < -0.4 is 10.6 Å². The van der Waals surface area contributed by atoms with Crippen LogP contribution in [0, 0.1) is 5.92 Å². The number of amides is 1. The number of benzene rings is 1. The molecule has 2 N–H and O–H groups in total. The predicted molar refractivity (Wildman–Crippen MR) is 73.4 cm³/mol. The van der Waals surface area contributed by atoms with E-state index in [9.17, 15) is 4.79 Å². The van der Waals surface area contributed by atoms with E-state index in [1.807, 2.05) is 19.9 Å². The summed E-state index contributed by atoms with van der Waals surface area (Å²) < 4.78 is 0. The molecule has 1 aromatic carbocycles.